The molecule has 0 spiro atoms. The van der Waals surface area contributed by atoms with E-state index in [1.807, 2.05) is 0 Å². The molecule has 2 unspecified atom stereocenters. The van der Waals surface area contributed by atoms with Gasteiger partial charge in [-0.2, -0.15) is 0 Å². The fourth-order valence-electron chi connectivity index (χ4n) is 5.41. The highest BCUT2D eigenvalue weighted by molar-refractivity contribution is 5.78. The lowest BCUT2D eigenvalue weighted by Crippen LogP contribution is -2.66. The average Bonchev–Trinajstić information content (AvgIpc) is 2.74. The zero-order valence-corrected chi connectivity index (χ0v) is 24.2. The zero-order valence-electron chi connectivity index (χ0n) is 24.2. The highest BCUT2D eigenvalue weighted by atomic mass is 16.4. The molecule has 0 aliphatic rings. The Hall–Kier alpha value is -1.63. The van der Waals surface area contributed by atoms with Gasteiger partial charge >= 0.3 is 5.97 Å². The number of hydrogen-bond acceptors (Lipinski definition) is 4. The van der Waals surface area contributed by atoms with Crippen molar-refractivity contribution in [1.82, 2.24) is 5.32 Å². The van der Waals surface area contributed by atoms with Crippen molar-refractivity contribution >= 4 is 17.8 Å². The van der Waals surface area contributed by atoms with E-state index in [2.05, 4.69) is 12.2 Å². The van der Waals surface area contributed by atoms with Crippen LogP contribution in [0.2, 0.25) is 0 Å². The molecule has 2 N–H and O–H groups in total. The van der Waals surface area contributed by atoms with Gasteiger partial charge in [-0.15, -0.1) is 0 Å². The first kappa shape index (κ1) is 34.4. The van der Waals surface area contributed by atoms with Gasteiger partial charge in [0.25, 0.3) is 0 Å². The summed E-state index contributed by atoms with van der Waals surface area (Å²) in [4.78, 5) is 36.0. The number of hydrogen-bond donors (Lipinski definition) is 2. The Morgan fingerprint density at radius 3 is 1.50 bits per heavy atom. The fraction of sp³-hybridized carbons (Fsp3) is 0.897. The molecule has 2 atom stereocenters. The average molecular weight is 513 g/mol. The molecule has 0 aromatic carbocycles. The van der Waals surface area contributed by atoms with Gasteiger partial charge in [0.1, 0.15) is 6.04 Å². The highest BCUT2D eigenvalue weighted by Gasteiger charge is 2.47. The normalized spacial score (nSPS) is 13.8. The van der Waals surface area contributed by atoms with Crippen molar-refractivity contribution in [2.45, 2.75) is 142 Å². The first-order chi connectivity index (χ1) is 16.8. The third kappa shape index (κ3) is 15.5. The van der Waals surface area contributed by atoms with Gasteiger partial charge in [0, 0.05) is 11.8 Å². The van der Waals surface area contributed by atoms with Crippen LogP contribution in [-0.4, -0.2) is 60.7 Å². The monoisotopic (exact) mass is 512 g/mol. The lowest BCUT2D eigenvalue weighted by Gasteiger charge is -2.47. The van der Waals surface area contributed by atoms with Crippen LogP contribution in [0.3, 0.4) is 0 Å². The molecule has 212 valence electrons. The van der Waals surface area contributed by atoms with Crippen LogP contribution < -0.4 is 10.4 Å². The number of quaternary nitrogens is 1. The van der Waals surface area contributed by atoms with Crippen LogP contribution in [0.1, 0.15) is 130 Å². The second-order valence-electron chi connectivity index (χ2n) is 12.1. The maximum atomic E-state index is 12.6. The number of nitrogens with one attached hydrogen (secondary N) is 1. The summed E-state index contributed by atoms with van der Waals surface area (Å²) in [6.45, 7) is 5.64. The standard InChI is InChI=1S/C29H56N2O5/c1-7-8-9-10-11-12-13-14-15-16-17-18-19-20-21-22-25(32)30-24(23-26(33)34)29(2,3)27(28(35)36)31(4,5)6/h24,27H,7-23H2,1-6H3,(H2-,30,32,33,34,35,36). The molecule has 36 heavy (non-hydrogen) atoms. The molecule has 1 amide bonds. The number of carbonyl (C=O) groups is 3. The summed E-state index contributed by atoms with van der Waals surface area (Å²) in [6.07, 6.45) is 18.8. The van der Waals surface area contributed by atoms with Crippen LogP contribution in [0.25, 0.3) is 0 Å². The SMILES string of the molecule is CCCCCCCCCCCCCCCCCC(=O)NC(CC(=O)O)C(C)(C)C(C(=O)[O-])[N+](C)(C)C. The Kier molecular flexibility index (Phi) is 17.7. The molecular formula is C29H56N2O5. The number of amides is 1. The van der Waals surface area contributed by atoms with Crippen LogP contribution in [0.15, 0.2) is 0 Å². The molecule has 0 bridgehead atoms. The van der Waals surface area contributed by atoms with Crippen molar-refractivity contribution in [1.29, 1.82) is 0 Å². The van der Waals surface area contributed by atoms with E-state index in [1.54, 1.807) is 35.0 Å². The minimum atomic E-state index is -1.25. The summed E-state index contributed by atoms with van der Waals surface area (Å²) in [5.74, 6) is -2.54. The Morgan fingerprint density at radius 1 is 0.778 bits per heavy atom. The van der Waals surface area contributed by atoms with E-state index in [0.29, 0.717) is 6.42 Å². The van der Waals surface area contributed by atoms with Crippen molar-refractivity contribution < 1.29 is 29.1 Å². The number of carboxylic acid groups (broad SMARTS) is 2. The van der Waals surface area contributed by atoms with Crippen LogP contribution >= 0.6 is 0 Å². The van der Waals surface area contributed by atoms with Gasteiger partial charge in [-0.1, -0.05) is 111 Å². The molecule has 0 saturated heterocycles. The second kappa shape index (κ2) is 18.6. The number of carboxylic acids is 2. The molecule has 0 fully saturated rings. The van der Waals surface area contributed by atoms with Crippen LogP contribution in [0, 0.1) is 5.41 Å². The number of aliphatic carboxylic acids is 2. The Labute approximate surface area is 221 Å². The molecule has 0 radical (unpaired) electrons. The summed E-state index contributed by atoms with van der Waals surface area (Å²) < 4.78 is 0.0698. The first-order valence-corrected chi connectivity index (χ1v) is 14.4. The smallest absolute Gasteiger partial charge is 0.305 e. The number of likely N-dealkylation sites (N-methyl/N-ethyl adjacent to an activating group) is 1. The quantitative estimate of drug-likeness (QED) is 0.147. The van der Waals surface area contributed by atoms with Crippen molar-refractivity contribution in [3.8, 4) is 0 Å². The molecular weight excluding hydrogens is 456 g/mol. The van der Waals surface area contributed by atoms with Gasteiger partial charge in [0.2, 0.25) is 5.91 Å². The Morgan fingerprint density at radius 2 is 1.17 bits per heavy atom. The van der Waals surface area contributed by atoms with Crippen molar-refractivity contribution in [2.75, 3.05) is 21.1 Å². The van der Waals surface area contributed by atoms with E-state index >= 15 is 0 Å². The van der Waals surface area contributed by atoms with E-state index in [1.165, 1.54) is 77.0 Å². The maximum Gasteiger partial charge on any atom is 0.305 e. The molecule has 0 heterocycles. The van der Waals surface area contributed by atoms with E-state index in [0.717, 1.165) is 19.3 Å². The molecule has 7 nitrogen and oxygen atoms in total. The minimum absolute atomic E-state index is 0.0698. The Bertz CT molecular complexity index is 628. The van der Waals surface area contributed by atoms with E-state index in [9.17, 15) is 24.6 Å². The van der Waals surface area contributed by atoms with E-state index in [-0.39, 0.29) is 16.8 Å². The summed E-state index contributed by atoms with van der Waals surface area (Å²) in [5.41, 5.74) is -1.01. The molecule has 0 aliphatic carbocycles. The summed E-state index contributed by atoms with van der Waals surface area (Å²) in [7, 11) is 5.20. The predicted octanol–water partition coefficient (Wildman–Crippen LogP) is 5.06. The minimum Gasteiger partial charge on any atom is -0.544 e. The van der Waals surface area contributed by atoms with Gasteiger partial charge in [0.05, 0.1) is 39.6 Å². The predicted molar refractivity (Wildman–Crippen MR) is 144 cm³/mol. The van der Waals surface area contributed by atoms with Crippen molar-refractivity contribution in [2.24, 2.45) is 5.41 Å². The molecule has 7 heteroatoms. The number of unbranched alkanes of at least 4 members (excludes halogenated alkanes) is 14. The zero-order chi connectivity index (χ0) is 27.6. The lowest BCUT2D eigenvalue weighted by atomic mass is 9.74. The van der Waals surface area contributed by atoms with Gasteiger partial charge in [-0.05, 0) is 6.42 Å². The molecule has 0 aliphatic heterocycles. The van der Waals surface area contributed by atoms with Gasteiger partial charge in [-0.3, -0.25) is 9.59 Å². The largest absolute Gasteiger partial charge is 0.544 e. The summed E-state index contributed by atoms with van der Waals surface area (Å²) >= 11 is 0. The van der Waals surface area contributed by atoms with Crippen LogP contribution in [0.4, 0.5) is 0 Å². The van der Waals surface area contributed by atoms with E-state index < -0.39 is 29.4 Å². The van der Waals surface area contributed by atoms with Gasteiger partial charge in [0.15, 0.2) is 0 Å². The van der Waals surface area contributed by atoms with Crippen LogP contribution in [0.5, 0.6) is 0 Å². The van der Waals surface area contributed by atoms with Gasteiger partial charge < -0.3 is 24.8 Å². The molecule has 0 rings (SSSR count). The number of carbonyl (C=O) groups excluding carboxylic acids is 2. The second-order valence-corrected chi connectivity index (χ2v) is 12.1. The number of nitrogens with zero attached hydrogens (tertiary/aromatic N) is 1. The molecule has 0 aromatic heterocycles. The molecule has 0 aromatic rings. The maximum absolute atomic E-state index is 12.6. The third-order valence-electron chi connectivity index (χ3n) is 7.32. The van der Waals surface area contributed by atoms with Crippen molar-refractivity contribution in [3.63, 3.8) is 0 Å². The summed E-state index contributed by atoms with van der Waals surface area (Å²) in [5, 5.41) is 24.1. The lowest BCUT2D eigenvalue weighted by molar-refractivity contribution is -0.897. The number of rotatable bonds is 23. The third-order valence-corrected chi connectivity index (χ3v) is 7.32. The Balaban J connectivity index is 4.23. The van der Waals surface area contributed by atoms with Crippen LogP contribution in [-0.2, 0) is 14.4 Å². The van der Waals surface area contributed by atoms with Crippen molar-refractivity contribution in [3.05, 3.63) is 0 Å². The highest BCUT2D eigenvalue weighted by Crippen LogP contribution is 2.33. The van der Waals surface area contributed by atoms with E-state index in [4.69, 9.17) is 0 Å². The molecule has 0 saturated carbocycles. The van der Waals surface area contributed by atoms with Gasteiger partial charge in [-0.25, -0.2) is 0 Å². The topological polar surface area (TPSA) is 107 Å². The first-order valence-electron chi connectivity index (χ1n) is 14.4. The summed E-state index contributed by atoms with van der Waals surface area (Å²) in [6, 6.07) is -1.79. The fourth-order valence-corrected chi connectivity index (χ4v) is 5.41.